The summed E-state index contributed by atoms with van der Waals surface area (Å²) in [5.74, 6) is 0. The Morgan fingerprint density at radius 1 is 1.18 bits per heavy atom. The first-order valence-corrected chi connectivity index (χ1v) is 6.70. The maximum Gasteiger partial charge on any atom is 0.103 e. The van der Waals surface area contributed by atoms with Gasteiger partial charge in [0.2, 0.25) is 0 Å². The number of benzene rings is 2. The van der Waals surface area contributed by atoms with E-state index in [1.165, 1.54) is 5.39 Å². The van der Waals surface area contributed by atoms with Crippen molar-refractivity contribution in [3.63, 3.8) is 0 Å². The SMILES string of the molecule is C=CCC(O)(CBr)c1ccc2ccccc2c1. The molecule has 2 rings (SSSR count). The van der Waals surface area contributed by atoms with Gasteiger partial charge in [-0.1, -0.05) is 58.4 Å². The summed E-state index contributed by atoms with van der Waals surface area (Å²) in [5, 5.41) is 13.4. The summed E-state index contributed by atoms with van der Waals surface area (Å²) in [4.78, 5) is 0. The van der Waals surface area contributed by atoms with Crippen LogP contribution in [-0.2, 0) is 5.60 Å². The summed E-state index contributed by atoms with van der Waals surface area (Å²) in [6, 6.07) is 14.2. The van der Waals surface area contributed by atoms with Crippen LogP contribution in [0.2, 0.25) is 0 Å². The molecule has 0 aliphatic carbocycles. The first kappa shape index (κ1) is 12.3. The molecule has 88 valence electrons. The van der Waals surface area contributed by atoms with Crippen LogP contribution in [-0.4, -0.2) is 10.4 Å². The second kappa shape index (κ2) is 5.03. The fraction of sp³-hybridized carbons (Fsp3) is 0.200. The van der Waals surface area contributed by atoms with Gasteiger partial charge in [0.05, 0.1) is 0 Å². The van der Waals surface area contributed by atoms with Crippen LogP contribution < -0.4 is 0 Å². The van der Waals surface area contributed by atoms with Crippen molar-refractivity contribution in [3.8, 4) is 0 Å². The van der Waals surface area contributed by atoms with Crippen molar-refractivity contribution in [3.05, 3.63) is 60.7 Å². The van der Waals surface area contributed by atoms with E-state index in [1.807, 2.05) is 30.3 Å². The topological polar surface area (TPSA) is 20.2 Å². The highest BCUT2D eigenvalue weighted by Gasteiger charge is 2.26. The molecule has 0 aliphatic rings. The smallest absolute Gasteiger partial charge is 0.103 e. The minimum Gasteiger partial charge on any atom is -0.384 e. The molecular weight excluding hydrogens is 276 g/mol. The molecule has 0 spiro atoms. The third-order valence-corrected chi connectivity index (χ3v) is 3.92. The summed E-state index contributed by atoms with van der Waals surface area (Å²) < 4.78 is 0. The van der Waals surface area contributed by atoms with Crippen molar-refractivity contribution in [2.45, 2.75) is 12.0 Å². The number of alkyl halides is 1. The Morgan fingerprint density at radius 2 is 1.88 bits per heavy atom. The van der Waals surface area contributed by atoms with E-state index in [9.17, 15) is 5.11 Å². The Morgan fingerprint density at radius 3 is 2.53 bits per heavy atom. The van der Waals surface area contributed by atoms with Crippen LogP contribution in [0.1, 0.15) is 12.0 Å². The van der Waals surface area contributed by atoms with E-state index in [-0.39, 0.29) is 0 Å². The molecule has 1 nitrogen and oxygen atoms in total. The monoisotopic (exact) mass is 290 g/mol. The molecule has 1 N–H and O–H groups in total. The van der Waals surface area contributed by atoms with E-state index in [0.717, 1.165) is 10.9 Å². The standard InChI is InChI=1S/C15H15BrO/c1-2-9-15(17,11-16)14-8-7-12-5-3-4-6-13(12)10-14/h2-8,10,17H,1,9,11H2. The maximum absolute atomic E-state index is 10.5. The van der Waals surface area contributed by atoms with E-state index < -0.39 is 5.60 Å². The first-order valence-electron chi connectivity index (χ1n) is 5.58. The number of halogens is 1. The normalized spacial score (nSPS) is 14.5. The third kappa shape index (κ3) is 2.43. The number of hydrogen-bond acceptors (Lipinski definition) is 1. The minimum absolute atomic E-state index is 0.504. The molecular formula is C15H15BrO. The van der Waals surface area contributed by atoms with Crippen molar-refractivity contribution in [1.82, 2.24) is 0 Å². The summed E-state index contributed by atoms with van der Waals surface area (Å²) in [6.45, 7) is 3.70. The van der Waals surface area contributed by atoms with Gasteiger partial charge in [-0.3, -0.25) is 0 Å². The number of fused-ring (bicyclic) bond motifs is 1. The van der Waals surface area contributed by atoms with Gasteiger partial charge in [-0.25, -0.2) is 0 Å². The van der Waals surface area contributed by atoms with E-state index in [1.54, 1.807) is 6.08 Å². The van der Waals surface area contributed by atoms with Crippen LogP contribution in [0.15, 0.2) is 55.1 Å². The van der Waals surface area contributed by atoms with E-state index in [4.69, 9.17) is 0 Å². The van der Waals surface area contributed by atoms with Crippen molar-refractivity contribution in [2.24, 2.45) is 0 Å². The fourth-order valence-electron chi connectivity index (χ4n) is 1.97. The Balaban J connectivity index is 2.51. The molecule has 2 aromatic rings. The quantitative estimate of drug-likeness (QED) is 0.667. The van der Waals surface area contributed by atoms with E-state index in [2.05, 4.69) is 34.6 Å². The average molecular weight is 291 g/mol. The second-order valence-electron chi connectivity index (χ2n) is 4.22. The number of aliphatic hydroxyl groups is 1. The lowest BCUT2D eigenvalue weighted by molar-refractivity contribution is 0.0674. The molecule has 1 atom stereocenters. The van der Waals surface area contributed by atoms with Crippen LogP contribution in [0.25, 0.3) is 10.8 Å². The average Bonchev–Trinajstić information content (AvgIpc) is 2.38. The molecule has 1 unspecified atom stereocenters. The molecule has 0 saturated heterocycles. The molecule has 2 heteroatoms. The van der Waals surface area contributed by atoms with Crippen LogP contribution >= 0.6 is 15.9 Å². The Bertz CT molecular complexity index is 535. The molecule has 0 radical (unpaired) electrons. The number of hydrogen-bond donors (Lipinski definition) is 1. The van der Waals surface area contributed by atoms with Crippen molar-refractivity contribution in [2.75, 3.05) is 5.33 Å². The van der Waals surface area contributed by atoms with Gasteiger partial charge in [0, 0.05) is 5.33 Å². The van der Waals surface area contributed by atoms with Crippen molar-refractivity contribution in [1.29, 1.82) is 0 Å². The van der Waals surface area contributed by atoms with Gasteiger partial charge in [0.15, 0.2) is 0 Å². The molecule has 0 fully saturated rings. The zero-order chi connectivity index (χ0) is 12.3. The van der Waals surface area contributed by atoms with Gasteiger partial charge in [-0.15, -0.1) is 6.58 Å². The molecule has 0 aromatic heterocycles. The molecule has 2 aromatic carbocycles. The third-order valence-electron chi connectivity index (χ3n) is 2.99. The zero-order valence-electron chi connectivity index (χ0n) is 9.57. The summed E-state index contributed by atoms with van der Waals surface area (Å²) >= 11 is 3.38. The van der Waals surface area contributed by atoms with E-state index >= 15 is 0 Å². The van der Waals surface area contributed by atoms with Gasteiger partial charge in [-0.05, 0) is 28.8 Å². The van der Waals surface area contributed by atoms with Crippen LogP contribution in [0.3, 0.4) is 0 Å². The molecule has 0 bridgehead atoms. The van der Waals surface area contributed by atoms with Gasteiger partial charge < -0.3 is 5.11 Å². The highest BCUT2D eigenvalue weighted by atomic mass is 79.9. The first-order chi connectivity index (χ1) is 8.19. The van der Waals surface area contributed by atoms with E-state index in [0.29, 0.717) is 11.8 Å². The molecule has 17 heavy (non-hydrogen) atoms. The highest BCUT2D eigenvalue weighted by molar-refractivity contribution is 9.09. The minimum atomic E-state index is -0.869. The predicted octanol–water partition coefficient (Wildman–Crippen LogP) is 4.00. The lowest BCUT2D eigenvalue weighted by Crippen LogP contribution is -2.26. The molecule has 0 saturated carbocycles. The highest BCUT2D eigenvalue weighted by Crippen LogP contribution is 2.30. The lowest BCUT2D eigenvalue weighted by Gasteiger charge is -2.25. The molecule has 0 amide bonds. The van der Waals surface area contributed by atoms with Crippen LogP contribution in [0.5, 0.6) is 0 Å². The van der Waals surface area contributed by atoms with Gasteiger partial charge in [0.1, 0.15) is 5.60 Å². The van der Waals surface area contributed by atoms with Gasteiger partial charge in [-0.2, -0.15) is 0 Å². The zero-order valence-corrected chi connectivity index (χ0v) is 11.2. The van der Waals surface area contributed by atoms with Crippen LogP contribution in [0.4, 0.5) is 0 Å². The largest absolute Gasteiger partial charge is 0.384 e. The summed E-state index contributed by atoms with van der Waals surface area (Å²) in [6.07, 6.45) is 2.28. The maximum atomic E-state index is 10.5. The second-order valence-corrected chi connectivity index (χ2v) is 4.78. The molecule has 0 heterocycles. The predicted molar refractivity (Wildman–Crippen MR) is 76.5 cm³/mol. The Hall–Kier alpha value is -1.12. The van der Waals surface area contributed by atoms with Crippen molar-refractivity contribution < 1.29 is 5.11 Å². The Labute approximate surface area is 110 Å². The lowest BCUT2D eigenvalue weighted by atomic mass is 9.91. The fourth-order valence-corrected chi connectivity index (χ4v) is 2.52. The summed E-state index contributed by atoms with van der Waals surface area (Å²) in [5.41, 5.74) is 0.0548. The van der Waals surface area contributed by atoms with Gasteiger partial charge >= 0.3 is 0 Å². The van der Waals surface area contributed by atoms with Gasteiger partial charge in [0.25, 0.3) is 0 Å². The van der Waals surface area contributed by atoms with Crippen LogP contribution in [0, 0.1) is 0 Å². The van der Waals surface area contributed by atoms with Crippen molar-refractivity contribution >= 4 is 26.7 Å². The Kier molecular flexibility index (Phi) is 3.65. The summed E-state index contributed by atoms with van der Waals surface area (Å²) in [7, 11) is 0. The molecule has 0 aliphatic heterocycles. The number of rotatable bonds is 4.